The molecule has 7 heteroatoms. The summed E-state index contributed by atoms with van der Waals surface area (Å²) in [6.07, 6.45) is -1.97. The lowest BCUT2D eigenvalue weighted by atomic mass is 9.90. The predicted molar refractivity (Wildman–Crippen MR) is 75.3 cm³/mol. The summed E-state index contributed by atoms with van der Waals surface area (Å²) in [6, 6.07) is 2.88. The number of halogens is 4. The maximum absolute atomic E-state index is 12.7. The lowest BCUT2D eigenvalue weighted by molar-refractivity contribution is -0.137. The van der Waals surface area contributed by atoms with E-state index in [0.717, 1.165) is 31.0 Å². The first-order valence-electron chi connectivity index (χ1n) is 6.66. The summed E-state index contributed by atoms with van der Waals surface area (Å²) in [5.41, 5.74) is -1.65. The Hall–Kier alpha value is -1.27. The Labute approximate surface area is 125 Å². The first-order chi connectivity index (χ1) is 9.72. The highest BCUT2D eigenvalue weighted by molar-refractivity contribution is 6.33. The fraction of sp³-hybridized carbons (Fsp3) is 0.500. The van der Waals surface area contributed by atoms with Crippen molar-refractivity contribution in [3.05, 3.63) is 28.8 Å². The molecule has 1 fully saturated rings. The molecular formula is C14H16ClF3N2O. The zero-order valence-corrected chi connectivity index (χ0v) is 12.2. The van der Waals surface area contributed by atoms with Gasteiger partial charge in [-0.2, -0.15) is 13.2 Å². The third-order valence-corrected chi connectivity index (χ3v) is 3.99. The van der Waals surface area contributed by atoms with Gasteiger partial charge in [-0.25, -0.2) is 0 Å². The summed E-state index contributed by atoms with van der Waals surface area (Å²) in [5, 5.41) is 5.68. The van der Waals surface area contributed by atoms with E-state index in [4.69, 9.17) is 11.6 Å². The Balaban J connectivity index is 2.20. The van der Waals surface area contributed by atoms with E-state index in [9.17, 15) is 18.0 Å². The fourth-order valence-corrected chi connectivity index (χ4v) is 2.47. The molecule has 0 spiro atoms. The van der Waals surface area contributed by atoms with E-state index in [1.54, 1.807) is 6.92 Å². The Morgan fingerprint density at radius 2 is 2.10 bits per heavy atom. The van der Waals surface area contributed by atoms with Crippen LogP contribution in [0.2, 0.25) is 5.02 Å². The number of nitrogens with one attached hydrogen (secondary N) is 2. The first kappa shape index (κ1) is 16.1. The molecule has 1 aromatic rings. The summed E-state index contributed by atoms with van der Waals surface area (Å²) < 4.78 is 38.1. The van der Waals surface area contributed by atoms with E-state index in [1.165, 1.54) is 0 Å². The van der Waals surface area contributed by atoms with Gasteiger partial charge < -0.3 is 10.6 Å². The van der Waals surface area contributed by atoms with Crippen LogP contribution in [-0.2, 0) is 11.0 Å². The van der Waals surface area contributed by atoms with Gasteiger partial charge in [0, 0.05) is 0 Å². The molecule has 0 aromatic heterocycles. The molecule has 0 radical (unpaired) electrons. The summed E-state index contributed by atoms with van der Waals surface area (Å²) in [5.74, 6) is -0.372. The number of piperidine rings is 1. The molecule has 1 amide bonds. The topological polar surface area (TPSA) is 41.1 Å². The number of amides is 1. The summed E-state index contributed by atoms with van der Waals surface area (Å²) >= 11 is 5.87. The van der Waals surface area contributed by atoms with Crippen LogP contribution in [0.5, 0.6) is 0 Å². The van der Waals surface area contributed by atoms with Crippen LogP contribution in [-0.4, -0.2) is 18.0 Å². The van der Waals surface area contributed by atoms with Crippen LogP contribution < -0.4 is 10.6 Å². The Morgan fingerprint density at radius 1 is 1.38 bits per heavy atom. The summed E-state index contributed by atoms with van der Waals surface area (Å²) in [4.78, 5) is 12.3. The van der Waals surface area contributed by atoms with Gasteiger partial charge in [-0.15, -0.1) is 0 Å². The number of hydrogen-bond donors (Lipinski definition) is 2. The third kappa shape index (κ3) is 3.68. The second-order valence-corrected chi connectivity index (χ2v) is 5.77. The molecule has 0 aliphatic carbocycles. The molecule has 1 aliphatic heterocycles. The lowest BCUT2D eigenvalue weighted by Crippen LogP contribution is -2.54. The Kier molecular flexibility index (Phi) is 4.49. The zero-order valence-electron chi connectivity index (χ0n) is 11.5. The van der Waals surface area contributed by atoms with E-state index in [2.05, 4.69) is 10.6 Å². The van der Waals surface area contributed by atoms with Gasteiger partial charge in [0.2, 0.25) is 5.91 Å². The highest BCUT2D eigenvalue weighted by atomic mass is 35.5. The Morgan fingerprint density at radius 3 is 2.67 bits per heavy atom. The van der Waals surface area contributed by atoms with Crippen molar-refractivity contribution < 1.29 is 18.0 Å². The van der Waals surface area contributed by atoms with E-state index in [1.807, 2.05) is 0 Å². The number of benzene rings is 1. The number of rotatable bonds is 2. The molecule has 1 heterocycles. The second kappa shape index (κ2) is 5.85. The zero-order chi connectivity index (χ0) is 15.7. The lowest BCUT2D eigenvalue weighted by Gasteiger charge is -2.33. The monoisotopic (exact) mass is 320 g/mol. The molecule has 21 heavy (non-hydrogen) atoms. The predicted octanol–water partition coefficient (Wildman–Crippen LogP) is 3.83. The molecule has 1 aromatic carbocycles. The Bertz CT molecular complexity index is 540. The van der Waals surface area contributed by atoms with Gasteiger partial charge in [0.05, 0.1) is 21.8 Å². The van der Waals surface area contributed by atoms with E-state index >= 15 is 0 Å². The van der Waals surface area contributed by atoms with Crippen molar-refractivity contribution in [2.45, 2.75) is 37.9 Å². The minimum Gasteiger partial charge on any atom is -0.323 e. The van der Waals surface area contributed by atoms with Gasteiger partial charge in [-0.3, -0.25) is 4.79 Å². The van der Waals surface area contributed by atoms with Crippen LogP contribution in [0.15, 0.2) is 18.2 Å². The smallest absolute Gasteiger partial charge is 0.323 e. The van der Waals surface area contributed by atoms with Crippen molar-refractivity contribution in [2.75, 3.05) is 11.9 Å². The molecule has 1 saturated heterocycles. The van der Waals surface area contributed by atoms with Gasteiger partial charge >= 0.3 is 6.18 Å². The maximum Gasteiger partial charge on any atom is 0.416 e. The molecule has 0 saturated carbocycles. The highest BCUT2D eigenvalue weighted by Crippen LogP contribution is 2.34. The first-order valence-corrected chi connectivity index (χ1v) is 7.03. The maximum atomic E-state index is 12.7. The van der Waals surface area contributed by atoms with Gasteiger partial charge in [-0.05, 0) is 50.9 Å². The summed E-state index contributed by atoms with van der Waals surface area (Å²) in [7, 11) is 0. The minimum atomic E-state index is -4.48. The van der Waals surface area contributed by atoms with Crippen molar-refractivity contribution in [1.29, 1.82) is 0 Å². The van der Waals surface area contributed by atoms with Gasteiger partial charge in [0.25, 0.3) is 0 Å². The van der Waals surface area contributed by atoms with Crippen molar-refractivity contribution in [1.82, 2.24) is 5.32 Å². The van der Waals surface area contributed by atoms with Crippen LogP contribution in [0.3, 0.4) is 0 Å². The third-order valence-electron chi connectivity index (χ3n) is 3.66. The molecule has 116 valence electrons. The van der Waals surface area contributed by atoms with Gasteiger partial charge in [0.15, 0.2) is 0 Å². The average Bonchev–Trinajstić information content (AvgIpc) is 2.40. The number of carbonyl (C=O) groups is 1. The molecule has 2 N–H and O–H groups in total. The molecule has 2 rings (SSSR count). The van der Waals surface area contributed by atoms with E-state index < -0.39 is 17.3 Å². The second-order valence-electron chi connectivity index (χ2n) is 5.36. The van der Waals surface area contributed by atoms with Crippen molar-refractivity contribution in [3.63, 3.8) is 0 Å². The van der Waals surface area contributed by atoms with Crippen LogP contribution >= 0.6 is 11.6 Å². The largest absolute Gasteiger partial charge is 0.416 e. The molecule has 1 aliphatic rings. The van der Waals surface area contributed by atoms with Crippen molar-refractivity contribution >= 4 is 23.2 Å². The molecule has 1 unspecified atom stereocenters. The van der Waals surface area contributed by atoms with Crippen LogP contribution in [0.4, 0.5) is 18.9 Å². The molecule has 1 atom stereocenters. The van der Waals surface area contributed by atoms with Crippen molar-refractivity contribution in [3.8, 4) is 0 Å². The van der Waals surface area contributed by atoms with Crippen molar-refractivity contribution in [2.24, 2.45) is 0 Å². The molecular weight excluding hydrogens is 305 g/mol. The van der Waals surface area contributed by atoms with Crippen LogP contribution in [0, 0.1) is 0 Å². The summed E-state index contributed by atoms with van der Waals surface area (Å²) in [6.45, 7) is 2.45. The van der Waals surface area contributed by atoms with Crippen LogP contribution in [0.1, 0.15) is 31.7 Å². The normalized spacial score (nSPS) is 22.9. The number of anilines is 1. The quantitative estimate of drug-likeness (QED) is 0.869. The van der Waals surface area contributed by atoms with Crippen LogP contribution in [0.25, 0.3) is 0 Å². The average molecular weight is 321 g/mol. The standard InChI is InChI=1S/C14H16ClF3N2O/c1-13(6-2-3-7-19-13)12(21)20-11-8-9(14(16,17)18)4-5-10(11)15/h4-5,8,19H,2-3,6-7H2,1H3,(H,20,21). The van der Waals surface area contributed by atoms with E-state index in [-0.39, 0.29) is 16.6 Å². The number of alkyl halides is 3. The van der Waals surface area contributed by atoms with E-state index in [0.29, 0.717) is 13.0 Å². The minimum absolute atomic E-state index is 0.0231. The molecule has 3 nitrogen and oxygen atoms in total. The SMILES string of the molecule is CC1(C(=O)Nc2cc(C(F)(F)F)ccc2Cl)CCCCN1. The fourth-order valence-electron chi connectivity index (χ4n) is 2.31. The van der Waals surface area contributed by atoms with Gasteiger partial charge in [0.1, 0.15) is 0 Å². The molecule has 0 bridgehead atoms. The number of carbonyl (C=O) groups excluding carboxylic acids is 1. The highest BCUT2D eigenvalue weighted by Gasteiger charge is 2.35. The van der Waals surface area contributed by atoms with Gasteiger partial charge in [-0.1, -0.05) is 11.6 Å². The number of hydrogen-bond acceptors (Lipinski definition) is 2.